The zero-order valence-electron chi connectivity index (χ0n) is 12.1. The van der Waals surface area contributed by atoms with Crippen molar-refractivity contribution in [2.24, 2.45) is 0 Å². The van der Waals surface area contributed by atoms with E-state index in [9.17, 15) is 4.79 Å². The first-order chi connectivity index (χ1) is 10.1. The van der Waals surface area contributed by atoms with Gasteiger partial charge in [-0.1, -0.05) is 0 Å². The fourth-order valence-corrected chi connectivity index (χ4v) is 3.08. The lowest BCUT2D eigenvalue weighted by Crippen LogP contribution is -2.10. The van der Waals surface area contributed by atoms with Crippen LogP contribution in [0.2, 0.25) is 0 Å². The Bertz CT molecular complexity index is 707. The number of ether oxygens (including phenoxy) is 1. The first-order valence-corrected chi connectivity index (χ1v) is 7.90. The predicted octanol–water partition coefficient (Wildman–Crippen LogP) is 3.33. The Morgan fingerprint density at radius 1 is 1.48 bits per heavy atom. The Morgan fingerprint density at radius 3 is 3.05 bits per heavy atom. The van der Waals surface area contributed by atoms with Crippen molar-refractivity contribution in [3.8, 4) is 5.75 Å². The Morgan fingerprint density at radius 2 is 2.29 bits per heavy atom. The second-order valence-corrected chi connectivity index (χ2v) is 5.98. The summed E-state index contributed by atoms with van der Waals surface area (Å²) in [4.78, 5) is 12.5. The third-order valence-corrected chi connectivity index (χ3v) is 4.82. The Labute approximate surface area is 132 Å². The molecule has 4 nitrogen and oxygen atoms in total. The van der Waals surface area contributed by atoms with Crippen LogP contribution < -0.4 is 4.74 Å². The van der Waals surface area contributed by atoms with Gasteiger partial charge < -0.3 is 4.74 Å². The average molecular weight is 349 g/mol. The van der Waals surface area contributed by atoms with E-state index in [2.05, 4.69) is 21.0 Å². The number of Topliss-reactive ketones (excluding diaryl/α,β-unsaturated/α-hetero) is 1. The molecule has 1 aromatic heterocycles. The van der Waals surface area contributed by atoms with Gasteiger partial charge in [0.15, 0.2) is 5.78 Å². The first-order valence-electron chi connectivity index (χ1n) is 7.11. The molecule has 1 aliphatic heterocycles. The van der Waals surface area contributed by atoms with Gasteiger partial charge in [-0.3, -0.25) is 9.48 Å². The monoisotopic (exact) mass is 348 g/mol. The highest BCUT2D eigenvalue weighted by Crippen LogP contribution is 2.27. The molecule has 0 saturated carbocycles. The van der Waals surface area contributed by atoms with E-state index in [-0.39, 0.29) is 5.78 Å². The van der Waals surface area contributed by atoms with Crippen molar-refractivity contribution < 1.29 is 9.53 Å². The van der Waals surface area contributed by atoms with Crippen LogP contribution in [0.25, 0.3) is 0 Å². The molecule has 0 atom stereocenters. The van der Waals surface area contributed by atoms with Gasteiger partial charge in [0, 0.05) is 18.5 Å². The molecule has 0 bridgehead atoms. The van der Waals surface area contributed by atoms with Crippen LogP contribution in [0.5, 0.6) is 5.75 Å². The van der Waals surface area contributed by atoms with E-state index in [0.717, 1.165) is 45.7 Å². The SMILES string of the molecule is CCn1nc(C)c(Br)c1CC(=O)c1ccc2c(c1)CCO2. The number of ketones is 1. The van der Waals surface area contributed by atoms with Crippen molar-refractivity contribution in [2.45, 2.75) is 33.2 Å². The summed E-state index contributed by atoms with van der Waals surface area (Å²) in [6.45, 7) is 5.43. The molecule has 0 saturated heterocycles. The molecule has 0 amide bonds. The molecular weight excluding hydrogens is 332 g/mol. The van der Waals surface area contributed by atoms with Crippen molar-refractivity contribution in [3.05, 3.63) is 45.2 Å². The number of nitrogens with zero attached hydrogens (tertiary/aromatic N) is 2. The molecule has 1 aliphatic rings. The maximum Gasteiger partial charge on any atom is 0.168 e. The van der Waals surface area contributed by atoms with Gasteiger partial charge in [0.25, 0.3) is 0 Å². The fourth-order valence-electron chi connectivity index (χ4n) is 2.65. The smallest absolute Gasteiger partial charge is 0.168 e. The van der Waals surface area contributed by atoms with Gasteiger partial charge in [0.2, 0.25) is 0 Å². The van der Waals surface area contributed by atoms with E-state index in [1.807, 2.05) is 36.7 Å². The van der Waals surface area contributed by atoms with E-state index in [1.165, 1.54) is 0 Å². The molecule has 0 aliphatic carbocycles. The van der Waals surface area contributed by atoms with Crippen molar-refractivity contribution >= 4 is 21.7 Å². The molecule has 0 fully saturated rings. The Kier molecular flexibility index (Phi) is 3.85. The quantitative estimate of drug-likeness (QED) is 0.796. The summed E-state index contributed by atoms with van der Waals surface area (Å²) >= 11 is 3.54. The minimum Gasteiger partial charge on any atom is -0.493 e. The number of rotatable bonds is 4. The van der Waals surface area contributed by atoms with Crippen LogP contribution in [0.3, 0.4) is 0 Å². The summed E-state index contributed by atoms with van der Waals surface area (Å²) in [5, 5.41) is 4.43. The maximum atomic E-state index is 12.5. The Hall–Kier alpha value is -1.62. The number of carbonyl (C=O) groups is 1. The predicted molar refractivity (Wildman–Crippen MR) is 84.0 cm³/mol. The molecule has 2 aromatic rings. The summed E-state index contributed by atoms with van der Waals surface area (Å²) < 4.78 is 8.29. The summed E-state index contributed by atoms with van der Waals surface area (Å²) in [7, 11) is 0. The zero-order valence-corrected chi connectivity index (χ0v) is 13.7. The lowest BCUT2D eigenvalue weighted by atomic mass is 10.0. The van der Waals surface area contributed by atoms with Crippen molar-refractivity contribution in [3.63, 3.8) is 0 Å². The van der Waals surface area contributed by atoms with Gasteiger partial charge in [-0.2, -0.15) is 5.10 Å². The van der Waals surface area contributed by atoms with E-state index in [1.54, 1.807) is 0 Å². The van der Waals surface area contributed by atoms with Gasteiger partial charge in [0.1, 0.15) is 5.75 Å². The van der Waals surface area contributed by atoms with Crippen molar-refractivity contribution in [2.75, 3.05) is 6.61 Å². The molecule has 21 heavy (non-hydrogen) atoms. The summed E-state index contributed by atoms with van der Waals surface area (Å²) in [6, 6.07) is 5.70. The average Bonchev–Trinajstić information content (AvgIpc) is 3.05. The Balaban J connectivity index is 1.87. The summed E-state index contributed by atoms with van der Waals surface area (Å²) in [5.74, 6) is 1.02. The van der Waals surface area contributed by atoms with Gasteiger partial charge in [-0.25, -0.2) is 0 Å². The van der Waals surface area contributed by atoms with Gasteiger partial charge >= 0.3 is 0 Å². The third kappa shape index (κ3) is 2.62. The van der Waals surface area contributed by atoms with Crippen LogP contribution in [-0.4, -0.2) is 22.2 Å². The lowest BCUT2D eigenvalue weighted by molar-refractivity contribution is 0.0990. The molecule has 0 N–H and O–H groups in total. The van der Waals surface area contributed by atoms with E-state index in [4.69, 9.17) is 4.74 Å². The second kappa shape index (κ2) is 5.64. The minimum atomic E-state index is 0.111. The van der Waals surface area contributed by atoms with E-state index < -0.39 is 0 Å². The molecule has 2 heterocycles. The summed E-state index contributed by atoms with van der Waals surface area (Å²) in [5.41, 5.74) is 3.73. The van der Waals surface area contributed by atoms with E-state index >= 15 is 0 Å². The van der Waals surface area contributed by atoms with E-state index in [0.29, 0.717) is 13.0 Å². The zero-order chi connectivity index (χ0) is 15.0. The number of halogens is 1. The third-order valence-electron chi connectivity index (χ3n) is 3.79. The first kappa shape index (κ1) is 14.3. The van der Waals surface area contributed by atoms with Crippen LogP contribution in [0.15, 0.2) is 22.7 Å². The van der Waals surface area contributed by atoms with Gasteiger partial charge in [-0.05, 0) is 53.5 Å². The van der Waals surface area contributed by atoms with Crippen LogP contribution in [0.1, 0.15) is 34.2 Å². The molecule has 110 valence electrons. The van der Waals surface area contributed by atoms with Crippen LogP contribution >= 0.6 is 15.9 Å². The van der Waals surface area contributed by atoms with Crippen LogP contribution in [0.4, 0.5) is 0 Å². The fraction of sp³-hybridized carbons (Fsp3) is 0.375. The highest BCUT2D eigenvalue weighted by atomic mass is 79.9. The number of aromatic nitrogens is 2. The lowest BCUT2D eigenvalue weighted by Gasteiger charge is -2.06. The highest BCUT2D eigenvalue weighted by molar-refractivity contribution is 9.10. The highest BCUT2D eigenvalue weighted by Gasteiger charge is 2.19. The standard InChI is InChI=1S/C16H17BrN2O2/c1-3-19-13(16(17)10(2)18-19)9-14(20)11-4-5-15-12(8-11)6-7-21-15/h4-5,8H,3,6-7,9H2,1-2H3. The maximum absolute atomic E-state index is 12.5. The minimum absolute atomic E-state index is 0.111. The number of carbonyl (C=O) groups excluding carboxylic acids is 1. The number of aryl methyl sites for hydroxylation is 2. The second-order valence-electron chi connectivity index (χ2n) is 5.18. The molecule has 3 rings (SSSR count). The number of fused-ring (bicyclic) bond motifs is 1. The molecule has 5 heteroatoms. The molecule has 0 unspecified atom stereocenters. The topological polar surface area (TPSA) is 44.1 Å². The summed E-state index contributed by atoms with van der Waals surface area (Å²) in [6.07, 6.45) is 1.24. The number of hydrogen-bond donors (Lipinski definition) is 0. The van der Waals surface area contributed by atoms with Crippen LogP contribution in [-0.2, 0) is 19.4 Å². The molecule has 0 spiro atoms. The number of benzene rings is 1. The van der Waals surface area contributed by atoms with Crippen molar-refractivity contribution in [1.29, 1.82) is 0 Å². The largest absolute Gasteiger partial charge is 0.493 e. The van der Waals surface area contributed by atoms with Crippen molar-refractivity contribution in [1.82, 2.24) is 9.78 Å². The molecular formula is C16H17BrN2O2. The van der Waals surface area contributed by atoms with Gasteiger partial charge in [0.05, 0.1) is 28.9 Å². The molecule has 1 aromatic carbocycles. The van der Waals surface area contributed by atoms with Gasteiger partial charge in [-0.15, -0.1) is 0 Å². The van der Waals surface area contributed by atoms with Crippen LogP contribution in [0, 0.1) is 6.92 Å². The normalized spacial score (nSPS) is 13.1. The molecule has 0 radical (unpaired) electrons. The number of hydrogen-bond acceptors (Lipinski definition) is 3.